The summed E-state index contributed by atoms with van der Waals surface area (Å²) in [4.78, 5) is 23.1. The van der Waals surface area contributed by atoms with E-state index in [-0.39, 0.29) is 22.4 Å². The second-order valence-electron chi connectivity index (χ2n) is 9.77. The van der Waals surface area contributed by atoms with Gasteiger partial charge in [0.15, 0.2) is 11.6 Å². The van der Waals surface area contributed by atoms with Gasteiger partial charge in [0.1, 0.15) is 11.5 Å². The lowest BCUT2D eigenvalue weighted by atomic mass is 9.74. The molecule has 0 aliphatic heterocycles. The summed E-state index contributed by atoms with van der Waals surface area (Å²) in [6.07, 6.45) is 2.41. The number of Topliss-reactive ketones (excluding diaryl/α,β-unsaturated/α-hetero) is 2. The van der Waals surface area contributed by atoms with E-state index < -0.39 is 0 Å². The highest BCUT2D eigenvalue weighted by Gasteiger charge is 2.29. The third-order valence-corrected chi connectivity index (χ3v) is 5.39. The molecule has 0 spiro atoms. The van der Waals surface area contributed by atoms with E-state index >= 15 is 0 Å². The quantitative estimate of drug-likeness (QED) is 0.353. The van der Waals surface area contributed by atoms with E-state index in [0.717, 1.165) is 29.9 Å². The Morgan fingerprint density at radius 2 is 1.29 bits per heavy atom. The Morgan fingerprint density at radius 3 is 1.81 bits per heavy atom. The van der Waals surface area contributed by atoms with Crippen LogP contribution >= 0.6 is 0 Å². The maximum Gasteiger partial charge on any atom is 0.162 e. The summed E-state index contributed by atoms with van der Waals surface area (Å²) in [7, 11) is 0. The predicted molar refractivity (Wildman–Crippen MR) is 125 cm³/mol. The molecule has 0 aliphatic rings. The van der Waals surface area contributed by atoms with Crippen LogP contribution in [0.3, 0.4) is 0 Å². The maximum absolute atomic E-state index is 11.8. The van der Waals surface area contributed by atoms with Gasteiger partial charge >= 0.3 is 0 Å². The third-order valence-electron chi connectivity index (χ3n) is 5.39. The van der Waals surface area contributed by atoms with Crippen molar-refractivity contribution in [1.82, 2.24) is 0 Å². The number of hydrogen-bond acceptors (Lipinski definition) is 4. The van der Waals surface area contributed by atoms with Crippen LogP contribution in [0.2, 0.25) is 0 Å². The first-order valence-corrected chi connectivity index (χ1v) is 11.0. The van der Waals surface area contributed by atoms with E-state index in [1.54, 1.807) is 19.1 Å². The number of ether oxygens (including phenoxy) is 2. The monoisotopic (exact) mass is 424 g/mol. The van der Waals surface area contributed by atoms with Crippen LogP contribution in [0.4, 0.5) is 0 Å². The molecule has 0 aromatic heterocycles. The van der Waals surface area contributed by atoms with Crippen molar-refractivity contribution in [1.29, 1.82) is 0 Å². The SMILES string of the molecule is CCC(=O)c1ccc(OCC(C)(C)CC(C)(C)CCOc2ccc(C(C)=O)cc2)cc1. The molecule has 0 fully saturated rings. The van der Waals surface area contributed by atoms with E-state index in [9.17, 15) is 9.59 Å². The second kappa shape index (κ2) is 10.6. The Kier molecular flexibility index (Phi) is 8.43. The van der Waals surface area contributed by atoms with Crippen LogP contribution in [0.1, 0.15) is 81.5 Å². The molecule has 4 heteroatoms. The largest absolute Gasteiger partial charge is 0.494 e. The highest BCUT2D eigenvalue weighted by atomic mass is 16.5. The van der Waals surface area contributed by atoms with Gasteiger partial charge in [0.2, 0.25) is 0 Å². The molecule has 0 atom stereocenters. The third kappa shape index (κ3) is 8.20. The van der Waals surface area contributed by atoms with Gasteiger partial charge in [-0.15, -0.1) is 0 Å². The lowest BCUT2D eigenvalue weighted by Gasteiger charge is -2.35. The molecular weight excluding hydrogens is 388 g/mol. The molecular formula is C27H36O4. The predicted octanol–water partition coefficient (Wildman–Crippen LogP) is 6.77. The lowest BCUT2D eigenvalue weighted by molar-refractivity contribution is 0.0981. The molecule has 0 N–H and O–H groups in total. The summed E-state index contributed by atoms with van der Waals surface area (Å²) in [5.74, 6) is 1.78. The fourth-order valence-corrected chi connectivity index (χ4v) is 3.89. The van der Waals surface area contributed by atoms with E-state index in [1.165, 1.54) is 0 Å². The Balaban J connectivity index is 1.81. The van der Waals surface area contributed by atoms with Crippen molar-refractivity contribution in [3.63, 3.8) is 0 Å². The molecule has 0 saturated carbocycles. The number of rotatable bonds is 12. The zero-order valence-electron chi connectivity index (χ0n) is 19.8. The van der Waals surface area contributed by atoms with Gasteiger partial charge in [-0.1, -0.05) is 34.6 Å². The van der Waals surface area contributed by atoms with Gasteiger partial charge in [-0.05, 0) is 79.1 Å². The average Bonchev–Trinajstić information content (AvgIpc) is 2.71. The van der Waals surface area contributed by atoms with Crippen molar-refractivity contribution in [2.75, 3.05) is 13.2 Å². The van der Waals surface area contributed by atoms with Crippen LogP contribution in [0.15, 0.2) is 48.5 Å². The van der Waals surface area contributed by atoms with E-state index in [2.05, 4.69) is 27.7 Å². The van der Waals surface area contributed by atoms with Gasteiger partial charge in [-0.3, -0.25) is 9.59 Å². The summed E-state index contributed by atoms with van der Waals surface area (Å²) in [6.45, 7) is 13.6. The number of hydrogen-bond donors (Lipinski definition) is 0. The highest BCUT2D eigenvalue weighted by Crippen LogP contribution is 2.36. The van der Waals surface area contributed by atoms with Crippen LogP contribution in [-0.2, 0) is 0 Å². The van der Waals surface area contributed by atoms with Crippen molar-refractivity contribution in [3.05, 3.63) is 59.7 Å². The van der Waals surface area contributed by atoms with Crippen molar-refractivity contribution >= 4 is 11.6 Å². The smallest absolute Gasteiger partial charge is 0.162 e. The van der Waals surface area contributed by atoms with E-state index in [4.69, 9.17) is 9.47 Å². The first-order valence-electron chi connectivity index (χ1n) is 11.0. The van der Waals surface area contributed by atoms with Gasteiger partial charge in [0.25, 0.3) is 0 Å². The number of benzene rings is 2. The zero-order valence-corrected chi connectivity index (χ0v) is 19.8. The van der Waals surface area contributed by atoms with Crippen LogP contribution in [0.5, 0.6) is 11.5 Å². The molecule has 0 amide bonds. The van der Waals surface area contributed by atoms with Crippen LogP contribution in [-0.4, -0.2) is 24.8 Å². The van der Waals surface area contributed by atoms with Gasteiger partial charge in [-0.2, -0.15) is 0 Å². The van der Waals surface area contributed by atoms with Crippen molar-refractivity contribution in [2.45, 2.75) is 60.8 Å². The van der Waals surface area contributed by atoms with E-state index in [1.807, 2.05) is 43.3 Å². The first-order chi connectivity index (χ1) is 14.5. The van der Waals surface area contributed by atoms with Gasteiger partial charge in [-0.25, -0.2) is 0 Å². The fourth-order valence-electron chi connectivity index (χ4n) is 3.89. The Morgan fingerprint density at radius 1 is 0.774 bits per heavy atom. The fraction of sp³-hybridized carbons (Fsp3) is 0.481. The first kappa shape index (κ1) is 24.6. The topological polar surface area (TPSA) is 52.6 Å². The number of carbonyl (C=O) groups is 2. The van der Waals surface area contributed by atoms with Crippen LogP contribution in [0, 0.1) is 10.8 Å². The summed E-state index contributed by atoms with van der Waals surface area (Å²) in [5, 5.41) is 0. The molecule has 0 heterocycles. The van der Waals surface area contributed by atoms with Gasteiger partial charge in [0, 0.05) is 17.5 Å². The van der Waals surface area contributed by atoms with Crippen molar-refractivity contribution in [3.8, 4) is 11.5 Å². The van der Waals surface area contributed by atoms with Crippen molar-refractivity contribution in [2.24, 2.45) is 10.8 Å². The summed E-state index contributed by atoms with van der Waals surface area (Å²) in [6, 6.07) is 14.7. The molecule has 0 bridgehead atoms. The number of carbonyl (C=O) groups excluding carboxylic acids is 2. The molecule has 0 radical (unpaired) electrons. The minimum absolute atomic E-state index is 0.00938. The Labute approximate surface area is 187 Å². The van der Waals surface area contributed by atoms with E-state index in [0.29, 0.717) is 25.2 Å². The van der Waals surface area contributed by atoms with Crippen LogP contribution in [0.25, 0.3) is 0 Å². The molecule has 4 nitrogen and oxygen atoms in total. The van der Waals surface area contributed by atoms with Crippen molar-refractivity contribution < 1.29 is 19.1 Å². The lowest BCUT2D eigenvalue weighted by Crippen LogP contribution is -2.29. The Hall–Kier alpha value is -2.62. The standard InChI is InChI=1S/C27H36O4/c1-7-25(29)22-10-14-24(15-11-22)31-19-27(5,6)18-26(3,4)16-17-30-23-12-8-21(9-13-23)20(2)28/h8-15H,7,16-19H2,1-6H3. The minimum Gasteiger partial charge on any atom is -0.494 e. The molecule has 168 valence electrons. The molecule has 0 saturated heterocycles. The molecule has 0 unspecified atom stereocenters. The Bertz CT molecular complexity index is 861. The molecule has 2 aromatic rings. The molecule has 31 heavy (non-hydrogen) atoms. The second-order valence-corrected chi connectivity index (χ2v) is 9.77. The number of ketones is 2. The normalized spacial score (nSPS) is 11.8. The highest BCUT2D eigenvalue weighted by molar-refractivity contribution is 5.96. The zero-order chi connectivity index (χ0) is 23.1. The van der Waals surface area contributed by atoms with Gasteiger partial charge < -0.3 is 9.47 Å². The van der Waals surface area contributed by atoms with Crippen LogP contribution < -0.4 is 9.47 Å². The summed E-state index contributed by atoms with van der Waals surface area (Å²) < 4.78 is 11.9. The maximum atomic E-state index is 11.8. The molecule has 2 rings (SSSR count). The molecule has 0 aliphatic carbocycles. The van der Waals surface area contributed by atoms with Gasteiger partial charge in [0.05, 0.1) is 13.2 Å². The average molecular weight is 425 g/mol. The summed E-state index contributed by atoms with van der Waals surface area (Å²) >= 11 is 0. The minimum atomic E-state index is -0.00938. The summed E-state index contributed by atoms with van der Waals surface area (Å²) in [5.41, 5.74) is 1.50. The molecule has 2 aromatic carbocycles.